The third kappa shape index (κ3) is 3.88. The van der Waals surface area contributed by atoms with Crippen LogP contribution in [-0.2, 0) is 0 Å². The predicted molar refractivity (Wildman–Crippen MR) is 84.5 cm³/mol. The molecule has 3 heteroatoms. The summed E-state index contributed by atoms with van der Waals surface area (Å²) in [6, 6.07) is 1.41. The van der Waals surface area contributed by atoms with Crippen LogP contribution in [0.15, 0.2) is 0 Å². The first-order valence-corrected chi connectivity index (χ1v) is 8.69. The van der Waals surface area contributed by atoms with Crippen molar-refractivity contribution in [2.24, 2.45) is 5.92 Å². The van der Waals surface area contributed by atoms with Gasteiger partial charge in [-0.2, -0.15) is 11.8 Å². The Morgan fingerprint density at radius 3 is 2.39 bits per heavy atom. The van der Waals surface area contributed by atoms with E-state index < -0.39 is 0 Å². The topological polar surface area (TPSA) is 15.3 Å². The Bertz CT molecular complexity index is 232. The first kappa shape index (κ1) is 16.3. The van der Waals surface area contributed by atoms with Crippen molar-refractivity contribution in [1.29, 1.82) is 0 Å². The fourth-order valence-electron chi connectivity index (χ4n) is 3.00. The zero-order valence-corrected chi connectivity index (χ0v) is 13.9. The van der Waals surface area contributed by atoms with Crippen molar-refractivity contribution in [2.75, 3.05) is 26.4 Å². The normalized spacial score (nSPS) is 30.7. The van der Waals surface area contributed by atoms with E-state index in [2.05, 4.69) is 51.2 Å². The van der Waals surface area contributed by atoms with E-state index >= 15 is 0 Å². The maximum absolute atomic E-state index is 3.87. The van der Waals surface area contributed by atoms with Gasteiger partial charge in [0.2, 0.25) is 0 Å². The van der Waals surface area contributed by atoms with Gasteiger partial charge in [-0.3, -0.25) is 0 Å². The van der Waals surface area contributed by atoms with Gasteiger partial charge in [0, 0.05) is 29.9 Å². The van der Waals surface area contributed by atoms with Crippen LogP contribution < -0.4 is 5.32 Å². The second-order valence-corrected chi connectivity index (χ2v) is 7.36. The lowest BCUT2D eigenvalue weighted by molar-refractivity contribution is 0.120. The summed E-state index contributed by atoms with van der Waals surface area (Å²) in [5.41, 5.74) is 0. The van der Waals surface area contributed by atoms with Crippen molar-refractivity contribution in [1.82, 2.24) is 10.2 Å². The van der Waals surface area contributed by atoms with Crippen molar-refractivity contribution >= 4 is 11.8 Å². The van der Waals surface area contributed by atoms with Gasteiger partial charge < -0.3 is 10.2 Å². The maximum Gasteiger partial charge on any atom is 0.0276 e. The third-order valence-electron chi connectivity index (χ3n) is 5.02. The minimum Gasteiger partial charge on any atom is -0.312 e. The lowest BCUT2D eigenvalue weighted by Crippen LogP contribution is -2.53. The van der Waals surface area contributed by atoms with Crippen molar-refractivity contribution in [3.05, 3.63) is 0 Å². The van der Waals surface area contributed by atoms with Gasteiger partial charge in [0.1, 0.15) is 0 Å². The Morgan fingerprint density at radius 2 is 1.89 bits per heavy atom. The van der Waals surface area contributed by atoms with E-state index in [4.69, 9.17) is 0 Å². The minimum atomic E-state index is 0.437. The molecule has 0 aromatic heterocycles. The predicted octanol–water partition coefficient (Wildman–Crippen LogP) is 3.23. The number of hydrogen-bond acceptors (Lipinski definition) is 3. The highest BCUT2D eigenvalue weighted by atomic mass is 32.2. The molecule has 3 atom stereocenters. The summed E-state index contributed by atoms with van der Waals surface area (Å²) in [6.07, 6.45) is 6.06. The van der Waals surface area contributed by atoms with E-state index in [1.807, 2.05) is 11.8 Å². The Hall–Kier alpha value is 0.270. The molecule has 2 nitrogen and oxygen atoms in total. The molecule has 1 saturated heterocycles. The monoisotopic (exact) mass is 272 g/mol. The number of rotatable bonds is 6. The SMILES string of the molecule is CCC(CC)(CNC1CC(C)N(C)CC1C)SC. The van der Waals surface area contributed by atoms with Gasteiger partial charge in [0.05, 0.1) is 0 Å². The average molecular weight is 273 g/mol. The number of thioether (sulfide) groups is 1. The second kappa shape index (κ2) is 7.16. The number of hydrogen-bond donors (Lipinski definition) is 1. The maximum atomic E-state index is 3.87. The van der Waals surface area contributed by atoms with E-state index in [1.54, 1.807) is 0 Å². The first-order valence-electron chi connectivity index (χ1n) is 7.46. The lowest BCUT2D eigenvalue weighted by atomic mass is 9.89. The molecule has 0 aliphatic carbocycles. The first-order chi connectivity index (χ1) is 8.48. The van der Waals surface area contributed by atoms with Crippen LogP contribution in [0.5, 0.6) is 0 Å². The van der Waals surface area contributed by atoms with Crippen LogP contribution in [0.25, 0.3) is 0 Å². The highest BCUT2D eigenvalue weighted by molar-refractivity contribution is 8.00. The molecule has 1 rings (SSSR count). The van der Waals surface area contributed by atoms with Crippen molar-refractivity contribution in [3.8, 4) is 0 Å². The fourth-order valence-corrected chi connectivity index (χ4v) is 3.81. The molecule has 1 aliphatic rings. The average Bonchev–Trinajstić information content (AvgIpc) is 2.37. The second-order valence-electron chi connectivity index (χ2n) is 6.08. The summed E-state index contributed by atoms with van der Waals surface area (Å²) in [5.74, 6) is 0.763. The molecular weight excluding hydrogens is 240 g/mol. The molecule has 0 amide bonds. The van der Waals surface area contributed by atoms with Crippen LogP contribution in [0.1, 0.15) is 47.0 Å². The summed E-state index contributed by atoms with van der Waals surface area (Å²) in [7, 11) is 2.25. The largest absolute Gasteiger partial charge is 0.312 e. The molecule has 0 aromatic carbocycles. The quantitative estimate of drug-likeness (QED) is 0.799. The van der Waals surface area contributed by atoms with Gasteiger partial charge in [0.15, 0.2) is 0 Å². The summed E-state index contributed by atoms with van der Waals surface area (Å²) < 4.78 is 0.437. The summed E-state index contributed by atoms with van der Waals surface area (Å²) >= 11 is 2.04. The van der Waals surface area contributed by atoms with Gasteiger partial charge in [-0.25, -0.2) is 0 Å². The summed E-state index contributed by atoms with van der Waals surface area (Å²) in [6.45, 7) is 11.8. The summed E-state index contributed by atoms with van der Waals surface area (Å²) in [4.78, 5) is 2.49. The van der Waals surface area contributed by atoms with Gasteiger partial charge >= 0.3 is 0 Å². The molecule has 0 bridgehead atoms. The highest BCUT2D eigenvalue weighted by Crippen LogP contribution is 2.30. The third-order valence-corrected chi connectivity index (χ3v) is 6.61. The van der Waals surface area contributed by atoms with Crippen LogP contribution in [0.4, 0.5) is 0 Å². The lowest BCUT2D eigenvalue weighted by Gasteiger charge is -2.42. The van der Waals surface area contributed by atoms with Gasteiger partial charge in [-0.15, -0.1) is 0 Å². The Morgan fingerprint density at radius 1 is 1.28 bits per heavy atom. The van der Waals surface area contributed by atoms with Crippen LogP contribution in [0.3, 0.4) is 0 Å². The van der Waals surface area contributed by atoms with E-state index in [-0.39, 0.29) is 0 Å². The van der Waals surface area contributed by atoms with Crippen LogP contribution in [-0.4, -0.2) is 48.1 Å². The minimum absolute atomic E-state index is 0.437. The summed E-state index contributed by atoms with van der Waals surface area (Å²) in [5, 5.41) is 3.87. The molecule has 0 spiro atoms. The standard InChI is InChI=1S/C15H32N2S/c1-7-15(8-2,18-6)11-16-14-9-13(4)17(5)10-12(14)3/h12-14,16H,7-11H2,1-6H3. The Kier molecular flexibility index (Phi) is 6.49. The molecule has 0 radical (unpaired) electrons. The molecule has 3 unspecified atom stereocenters. The molecule has 1 fully saturated rings. The molecule has 108 valence electrons. The molecule has 1 N–H and O–H groups in total. The van der Waals surface area contributed by atoms with E-state index in [9.17, 15) is 0 Å². The Labute approximate surface area is 118 Å². The molecule has 1 aliphatic heterocycles. The van der Waals surface area contributed by atoms with E-state index in [1.165, 1.54) is 25.8 Å². The molecule has 0 aromatic rings. The zero-order valence-electron chi connectivity index (χ0n) is 13.1. The van der Waals surface area contributed by atoms with Crippen LogP contribution >= 0.6 is 11.8 Å². The molecule has 0 saturated carbocycles. The number of nitrogens with zero attached hydrogens (tertiary/aromatic N) is 1. The number of piperidine rings is 1. The van der Waals surface area contributed by atoms with Crippen LogP contribution in [0, 0.1) is 5.92 Å². The number of likely N-dealkylation sites (tertiary alicyclic amines) is 1. The fraction of sp³-hybridized carbons (Fsp3) is 1.00. The molecule has 1 heterocycles. The van der Waals surface area contributed by atoms with Gasteiger partial charge in [-0.1, -0.05) is 20.8 Å². The smallest absolute Gasteiger partial charge is 0.0276 e. The van der Waals surface area contributed by atoms with Gasteiger partial charge in [0.25, 0.3) is 0 Å². The van der Waals surface area contributed by atoms with Crippen molar-refractivity contribution in [3.63, 3.8) is 0 Å². The molecule has 18 heavy (non-hydrogen) atoms. The Balaban J connectivity index is 2.51. The molecular formula is C15H32N2S. The van der Waals surface area contributed by atoms with E-state index in [0.717, 1.165) is 12.5 Å². The highest BCUT2D eigenvalue weighted by Gasteiger charge is 2.31. The van der Waals surface area contributed by atoms with Crippen molar-refractivity contribution in [2.45, 2.75) is 63.8 Å². The van der Waals surface area contributed by atoms with Gasteiger partial charge in [-0.05, 0) is 45.4 Å². The zero-order chi connectivity index (χ0) is 13.8. The van der Waals surface area contributed by atoms with Crippen molar-refractivity contribution < 1.29 is 0 Å². The van der Waals surface area contributed by atoms with E-state index in [0.29, 0.717) is 16.8 Å². The van der Waals surface area contributed by atoms with Crippen LogP contribution in [0.2, 0.25) is 0 Å². The number of nitrogens with one attached hydrogen (secondary N) is 1.